The van der Waals surface area contributed by atoms with Gasteiger partial charge in [-0.15, -0.1) is 0 Å². The van der Waals surface area contributed by atoms with Crippen LogP contribution in [0, 0.1) is 6.92 Å². The average Bonchev–Trinajstić information content (AvgIpc) is 2.59. The van der Waals surface area contributed by atoms with E-state index >= 15 is 0 Å². The summed E-state index contributed by atoms with van der Waals surface area (Å²) in [4.78, 5) is 12.4. The average molecular weight is 306 g/mol. The van der Waals surface area contributed by atoms with E-state index in [9.17, 15) is 4.79 Å². The van der Waals surface area contributed by atoms with E-state index < -0.39 is 0 Å². The zero-order valence-electron chi connectivity index (χ0n) is 13.1. The molecule has 0 aliphatic heterocycles. The van der Waals surface area contributed by atoms with Crippen LogP contribution in [0.15, 0.2) is 71.5 Å². The number of methoxy groups -OCH3 is 1. The van der Waals surface area contributed by atoms with Crippen LogP contribution in [-0.4, -0.2) is 11.8 Å². The highest BCUT2D eigenvalue weighted by Gasteiger charge is 2.06. The van der Waals surface area contributed by atoms with Crippen molar-refractivity contribution in [1.82, 2.24) is 4.68 Å². The molecule has 0 aliphatic rings. The molecule has 0 amide bonds. The summed E-state index contributed by atoms with van der Waals surface area (Å²) in [5.41, 5.74) is 6.61. The van der Waals surface area contributed by atoms with Gasteiger partial charge >= 0.3 is 0 Å². The molecule has 23 heavy (non-hydrogen) atoms. The van der Waals surface area contributed by atoms with E-state index in [4.69, 9.17) is 4.74 Å². The highest BCUT2D eigenvalue weighted by Crippen LogP contribution is 2.22. The lowest BCUT2D eigenvalue weighted by molar-refractivity contribution is 0.415. The van der Waals surface area contributed by atoms with Gasteiger partial charge < -0.3 is 4.74 Å². The topological polar surface area (TPSA) is 43.3 Å². The fourth-order valence-corrected chi connectivity index (χ4v) is 2.44. The van der Waals surface area contributed by atoms with E-state index in [1.165, 1.54) is 0 Å². The quantitative estimate of drug-likeness (QED) is 0.799. The molecule has 3 aromatic rings. The molecule has 0 unspecified atom stereocenters. The summed E-state index contributed by atoms with van der Waals surface area (Å²) in [5, 5.41) is 0. The number of nitrogens with one attached hydrogen (secondary N) is 1. The minimum absolute atomic E-state index is 0.0975. The van der Waals surface area contributed by atoms with Crippen LogP contribution in [0.4, 0.5) is 5.69 Å². The summed E-state index contributed by atoms with van der Waals surface area (Å²) in [5.74, 6) is 0.796. The van der Waals surface area contributed by atoms with Crippen LogP contribution in [0.5, 0.6) is 5.75 Å². The molecule has 0 atom stereocenters. The number of pyridine rings is 1. The van der Waals surface area contributed by atoms with Crippen molar-refractivity contribution in [2.24, 2.45) is 0 Å². The number of benzene rings is 2. The van der Waals surface area contributed by atoms with Gasteiger partial charge in [-0.1, -0.05) is 30.3 Å². The van der Waals surface area contributed by atoms with Crippen molar-refractivity contribution in [3.05, 3.63) is 82.8 Å². The second-order valence-corrected chi connectivity index (χ2v) is 5.27. The minimum atomic E-state index is -0.0975. The molecular formula is C19H18N2O2. The number of ether oxygens (including phenoxy) is 1. The standard InChI is InChI=1S/C19H18N2O2/c1-14-12-16(15-8-10-18(23-2)11-9-15)13-19(22)21(14)20-17-6-4-3-5-7-17/h3-13,20H,1-2H3. The van der Waals surface area contributed by atoms with Crippen molar-refractivity contribution >= 4 is 5.69 Å². The van der Waals surface area contributed by atoms with E-state index in [1.54, 1.807) is 17.9 Å². The Morgan fingerprint density at radius 3 is 2.22 bits per heavy atom. The predicted molar refractivity (Wildman–Crippen MR) is 92.9 cm³/mol. The van der Waals surface area contributed by atoms with Crippen molar-refractivity contribution in [2.75, 3.05) is 12.5 Å². The van der Waals surface area contributed by atoms with Crippen LogP contribution < -0.4 is 15.7 Å². The van der Waals surface area contributed by atoms with Gasteiger partial charge in [0.05, 0.1) is 12.8 Å². The summed E-state index contributed by atoms with van der Waals surface area (Å²) in [6.45, 7) is 1.91. The second kappa shape index (κ2) is 6.40. The monoisotopic (exact) mass is 306 g/mol. The molecule has 1 N–H and O–H groups in total. The first-order valence-corrected chi connectivity index (χ1v) is 7.37. The fraction of sp³-hybridized carbons (Fsp3) is 0.105. The molecule has 4 heteroatoms. The number of hydrogen-bond donors (Lipinski definition) is 1. The third kappa shape index (κ3) is 3.26. The van der Waals surface area contributed by atoms with Gasteiger partial charge in [0.2, 0.25) is 0 Å². The van der Waals surface area contributed by atoms with Gasteiger partial charge in [-0.25, -0.2) is 4.68 Å². The summed E-state index contributed by atoms with van der Waals surface area (Å²) in [7, 11) is 1.63. The van der Waals surface area contributed by atoms with Gasteiger partial charge in [-0.2, -0.15) is 0 Å². The largest absolute Gasteiger partial charge is 0.497 e. The maximum Gasteiger partial charge on any atom is 0.269 e. The Morgan fingerprint density at radius 2 is 1.61 bits per heavy atom. The Kier molecular flexibility index (Phi) is 4.15. The van der Waals surface area contributed by atoms with E-state index in [0.717, 1.165) is 28.3 Å². The van der Waals surface area contributed by atoms with Gasteiger partial charge in [-0.3, -0.25) is 10.2 Å². The number of aromatic nitrogens is 1. The number of para-hydroxylation sites is 1. The summed E-state index contributed by atoms with van der Waals surface area (Å²) < 4.78 is 6.71. The third-order valence-corrected chi connectivity index (χ3v) is 3.65. The van der Waals surface area contributed by atoms with Crippen molar-refractivity contribution in [2.45, 2.75) is 6.92 Å². The Morgan fingerprint density at radius 1 is 0.913 bits per heavy atom. The first kappa shape index (κ1) is 14.9. The van der Waals surface area contributed by atoms with Crippen LogP contribution in [-0.2, 0) is 0 Å². The lowest BCUT2D eigenvalue weighted by Crippen LogP contribution is -2.27. The van der Waals surface area contributed by atoms with Gasteiger partial charge in [0.15, 0.2) is 0 Å². The number of aryl methyl sites for hydroxylation is 1. The number of anilines is 1. The summed E-state index contributed by atoms with van der Waals surface area (Å²) in [6, 6.07) is 20.9. The van der Waals surface area contributed by atoms with Crippen molar-refractivity contribution in [3.8, 4) is 16.9 Å². The van der Waals surface area contributed by atoms with Crippen molar-refractivity contribution in [1.29, 1.82) is 0 Å². The first-order valence-electron chi connectivity index (χ1n) is 7.37. The van der Waals surface area contributed by atoms with E-state index in [0.29, 0.717) is 0 Å². The van der Waals surface area contributed by atoms with Crippen molar-refractivity contribution < 1.29 is 4.74 Å². The molecule has 0 aliphatic carbocycles. The second-order valence-electron chi connectivity index (χ2n) is 5.27. The van der Waals surface area contributed by atoms with Gasteiger partial charge in [-0.05, 0) is 48.4 Å². The highest BCUT2D eigenvalue weighted by atomic mass is 16.5. The number of rotatable bonds is 4. The predicted octanol–water partition coefficient (Wildman–Crippen LogP) is 3.71. The minimum Gasteiger partial charge on any atom is -0.497 e. The molecule has 0 bridgehead atoms. The van der Waals surface area contributed by atoms with Crippen LogP contribution in [0.25, 0.3) is 11.1 Å². The van der Waals surface area contributed by atoms with Crippen LogP contribution in [0.1, 0.15) is 5.69 Å². The molecule has 0 spiro atoms. The fourth-order valence-electron chi connectivity index (χ4n) is 2.44. The zero-order valence-corrected chi connectivity index (χ0v) is 13.1. The molecule has 2 aromatic carbocycles. The van der Waals surface area contributed by atoms with Crippen molar-refractivity contribution in [3.63, 3.8) is 0 Å². The molecule has 1 aromatic heterocycles. The molecule has 0 saturated carbocycles. The Labute approximate surface area is 135 Å². The Bertz CT molecular complexity index is 853. The summed E-state index contributed by atoms with van der Waals surface area (Å²) >= 11 is 0. The van der Waals surface area contributed by atoms with E-state index in [1.807, 2.05) is 67.6 Å². The van der Waals surface area contributed by atoms with Gasteiger partial charge in [0.1, 0.15) is 5.75 Å². The lowest BCUT2D eigenvalue weighted by atomic mass is 10.1. The van der Waals surface area contributed by atoms with Crippen LogP contribution in [0.2, 0.25) is 0 Å². The van der Waals surface area contributed by atoms with E-state index in [-0.39, 0.29) is 5.56 Å². The molecule has 1 heterocycles. The maximum absolute atomic E-state index is 12.4. The first-order chi connectivity index (χ1) is 11.2. The lowest BCUT2D eigenvalue weighted by Gasteiger charge is -2.14. The molecule has 116 valence electrons. The van der Waals surface area contributed by atoms with E-state index in [2.05, 4.69) is 5.43 Å². The maximum atomic E-state index is 12.4. The third-order valence-electron chi connectivity index (χ3n) is 3.65. The molecule has 3 rings (SSSR count). The molecule has 0 saturated heterocycles. The van der Waals surface area contributed by atoms with Gasteiger partial charge in [0.25, 0.3) is 5.56 Å². The summed E-state index contributed by atoms with van der Waals surface area (Å²) in [6.07, 6.45) is 0. The normalized spacial score (nSPS) is 10.3. The van der Waals surface area contributed by atoms with Gasteiger partial charge in [0, 0.05) is 11.8 Å². The smallest absolute Gasteiger partial charge is 0.269 e. The Hall–Kier alpha value is -3.01. The highest BCUT2D eigenvalue weighted by molar-refractivity contribution is 5.64. The number of hydrogen-bond acceptors (Lipinski definition) is 3. The van der Waals surface area contributed by atoms with Crippen LogP contribution in [0.3, 0.4) is 0 Å². The molecule has 0 radical (unpaired) electrons. The zero-order chi connectivity index (χ0) is 16.2. The molecule has 4 nitrogen and oxygen atoms in total. The molecular weight excluding hydrogens is 288 g/mol. The number of nitrogens with zero attached hydrogens (tertiary/aromatic N) is 1. The molecule has 0 fully saturated rings. The van der Waals surface area contributed by atoms with Crippen LogP contribution >= 0.6 is 0 Å². The SMILES string of the molecule is COc1ccc(-c2cc(C)n(Nc3ccccc3)c(=O)c2)cc1. The Balaban J connectivity index is 1.95.